The smallest absolute Gasteiger partial charge is 0.0291 e. The maximum Gasteiger partial charge on any atom is 0.0291 e. The largest absolute Gasteiger partial charge is 0.126 e. The summed E-state index contributed by atoms with van der Waals surface area (Å²) in [6.45, 7) is 4.45. The molecule has 0 spiro atoms. The maximum absolute atomic E-state index is 6.00. The van der Waals surface area contributed by atoms with Crippen LogP contribution in [0.2, 0.25) is 0 Å². The van der Waals surface area contributed by atoms with Gasteiger partial charge < -0.3 is 0 Å². The fraction of sp³-hybridized carbons (Fsp3) is 1.00. The van der Waals surface area contributed by atoms with Crippen LogP contribution in [-0.2, 0) is 0 Å². The molecule has 0 aromatic carbocycles. The molecule has 0 N–H and O–H groups in total. The van der Waals surface area contributed by atoms with Crippen LogP contribution in [0.3, 0.4) is 0 Å². The number of hydrogen-bond acceptors (Lipinski definition) is 0. The molecule has 2 heteroatoms. The third-order valence-corrected chi connectivity index (χ3v) is 4.51. The van der Waals surface area contributed by atoms with Gasteiger partial charge in [0.15, 0.2) is 0 Å². The molecule has 0 aliphatic heterocycles. The summed E-state index contributed by atoms with van der Waals surface area (Å²) in [5.41, 5.74) is 0.202. The van der Waals surface area contributed by atoms with E-state index < -0.39 is 0 Å². The molecule has 0 aromatic rings. The third kappa shape index (κ3) is 6.68. The van der Waals surface area contributed by atoms with Gasteiger partial charge >= 0.3 is 0 Å². The number of unbranched alkanes of at least 4 members (excludes halogenated alkanes) is 5. The van der Waals surface area contributed by atoms with Gasteiger partial charge in [-0.2, -0.15) is 0 Å². The number of rotatable bonds is 10. The molecular weight excluding hydrogens is 227 g/mol. The molecule has 0 saturated heterocycles. The Morgan fingerprint density at radius 2 is 1.33 bits per heavy atom. The second-order valence-corrected chi connectivity index (χ2v) is 5.17. The van der Waals surface area contributed by atoms with E-state index in [2.05, 4.69) is 13.8 Å². The van der Waals surface area contributed by atoms with E-state index in [0.29, 0.717) is 11.8 Å². The summed E-state index contributed by atoms with van der Waals surface area (Å²) in [4.78, 5) is 0. The summed E-state index contributed by atoms with van der Waals surface area (Å²) in [7, 11) is 0. The lowest BCUT2D eigenvalue weighted by Crippen LogP contribution is -2.24. The second kappa shape index (κ2) is 9.78. The van der Waals surface area contributed by atoms with Crippen LogP contribution in [0.1, 0.15) is 65.2 Å². The average Bonchev–Trinajstić information content (AvgIpc) is 2.29. The Morgan fingerprint density at radius 3 is 1.80 bits per heavy atom. The number of hydrogen-bond donors (Lipinski definition) is 0. The molecule has 0 saturated carbocycles. The van der Waals surface area contributed by atoms with Gasteiger partial charge in [0, 0.05) is 11.8 Å². The van der Waals surface area contributed by atoms with Crippen LogP contribution in [0.5, 0.6) is 0 Å². The number of halogens is 2. The quantitative estimate of drug-likeness (QED) is 0.350. The van der Waals surface area contributed by atoms with Crippen molar-refractivity contribution in [1.82, 2.24) is 0 Å². The Kier molecular flexibility index (Phi) is 10.2. The van der Waals surface area contributed by atoms with Crippen LogP contribution >= 0.6 is 23.2 Å². The van der Waals surface area contributed by atoms with Crippen molar-refractivity contribution in [2.75, 3.05) is 11.8 Å². The van der Waals surface area contributed by atoms with Gasteiger partial charge in [-0.25, -0.2) is 0 Å². The van der Waals surface area contributed by atoms with Gasteiger partial charge in [0.05, 0.1) is 0 Å². The molecule has 0 atom stereocenters. The first-order valence-electron chi connectivity index (χ1n) is 6.36. The average molecular weight is 253 g/mol. The highest BCUT2D eigenvalue weighted by molar-refractivity contribution is 6.21. The topological polar surface area (TPSA) is 0 Å². The molecule has 92 valence electrons. The zero-order chi connectivity index (χ0) is 11.6. The van der Waals surface area contributed by atoms with E-state index in [1.54, 1.807) is 0 Å². The van der Waals surface area contributed by atoms with Gasteiger partial charge in [-0.1, -0.05) is 52.4 Å². The predicted octanol–water partition coefficient (Wildman–Crippen LogP) is 5.61. The van der Waals surface area contributed by atoms with Crippen molar-refractivity contribution in [2.45, 2.75) is 65.2 Å². The molecule has 0 rings (SSSR count). The lowest BCUT2D eigenvalue weighted by atomic mass is 9.84. The van der Waals surface area contributed by atoms with Crippen molar-refractivity contribution in [1.29, 1.82) is 0 Å². The van der Waals surface area contributed by atoms with Crippen LogP contribution in [-0.4, -0.2) is 11.8 Å². The molecule has 0 aliphatic rings. The van der Waals surface area contributed by atoms with Crippen LogP contribution in [0, 0.1) is 5.41 Å². The Morgan fingerprint density at radius 1 is 0.800 bits per heavy atom. The molecule has 0 aromatic heterocycles. The van der Waals surface area contributed by atoms with Crippen LogP contribution in [0.25, 0.3) is 0 Å². The molecule has 0 aliphatic carbocycles. The highest BCUT2D eigenvalue weighted by atomic mass is 35.5. The minimum absolute atomic E-state index is 0.202. The van der Waals surface area contributed by atoms with E-state index >= 15 is 0 Å². The van der Waals surface area contributed by atoms with Crippen molar-refractivity contribution in [2.24, 2.45) is 5.41 Å². The molecule has 0 radical (unpaired) electrons. The first kappa shape index (κ1) is 15.6. The molecule has 15 heavy (non-hydrogen) atoms. The SMILES string of the molecule is CCCCCCCCC(CC)(CCl)CCl. The zero-order valence-corrected chi connectivity index (χ0v) is 11.8. The van der Waals surface area contributed by atoms with Crippen molar-refractivity contribution in [3.63, 3.8) is 0 Å². The molecule has 0 amide bonds. The fourth-order valence-electron chi connectivity index (χ4n) is 1.82. The van der Waals surface area contributed by atoms with Gasteiger partial charge in [-0.3, -0.25) is 0 Å². The van der Waals surface area contributed by atoms with Crippen molar-refractivity contribution < 1.29 is 0 Å². The van der Waals surface area contributed by atoms with E-state index in [1.807, 2.05) is 0 Å². The molecule has 0 heterocycles. The normalized spacial score (nSPS) is 12.0. The molecule has 0 fully saturated rings. The van der Waals surface area contributed by atoms with E-state index in [9.17, 15) is 0 Å². The summed E-state index contributed by atoms with van der Waals surface area (Å²) in [6.07, 6.45) is 10.4. The van der Waals surface area contributed by atoms with Crippen LogP contribution < -0.4 is 0 Å². The highest BCUT2D eigenvalue weighted by Crippen LogP contribution is 2.32. The van der Waals surface area contributed by atoms with Crippen molar-refractivity contribution >= 4 is 23.2 Å². The van der Waals surface area contributed by atoms with Crippen LogP contribution in [0.4, 0.5) is 0 Å². The monoisotopic (exact) mass is 252 g/mol. The lowest BCUT2D eigenvalue weighted by molar-refractivity contribution is 0.318. The van der Waals surface area contributed by atoms with Crippen molar-refractivity contribution in [3.05, 3.63) is 0 Å². The fourth-order valence-corrected chi connectivity index (χ4v) is 2.75. The van der Waals surface area contributed by atoms with E-state index in [0.717, 1.165) is 6.42 Å². The van der Waals surface area contributed by atoms with E-state index in [-0.39, 0.29) is 5.41 Å². The van der Waals surface area contributed by atoms with Crippen LogP contribution in [0.15, 0.2) is 0 Å². The highest BCUT2D eigenvalue weighted by Gasteiger charge is 2.25. The molecule has 0 bridgehead atoms. The molecule has 0 nitrogen and oxygen atoms in total. The molecule has 0 unspecified atom stereocenters. The van der Waals surface area contributed by atoms with Crippen molar-refractivity contribution in [3.8, 4) is 0 Å². The van der Waals surface area contributed by atoms with Gasteiger partial charge in [-0.05, 0) is 18.3 Å². The molecular formula is C13H26Cl2. The Hall–Kier alpha value is 0.580. The van der Waals surface area contributed by atoms with Gasteiger partial charge in [0.25, 0.3) is 0 Å². The Labute approximate surface area is 106 Å². The number of alkyl halides is 2. The maximum atomic E-state index is 6.00. The first-order valence-corrected chi connectivity index (χ1v) is 7.43. The third-order valence-electron chi connectivity index (χ3n) is 3.38. The summed E-state index contributed by atoms with van der Waals surface area (Å²) in [5, 5.41) is 0. The van der Waals surface area contributed by atoms with Gasteiger partial charge in [0.2, 0.25) is 0 Å². The first-order chi connectivity index (χ1) is 7.24. The Balaban J connectivity index is 3.54. The summed E-state index contributed by atoms with van der Waals surface area (Å²) < 4.78 is 0. The van der Waals surface area contributed by atoms with E-state index in [4.69, 9.17) is 23.2 Å². The standard InChI is InChI=1S/C13H26Cl2/c1-3-5-6-7-8-9-10-13(4-2,11-14)12-15/h3-12H2,1-2H3. The predicted molar refractivity (Wildman–Crippen MR) is 72.2 cm³/mol. The Bertz CT molecular complexity index is 122. The zero-order valence-electron chi connectivity index (χ0n) is 10.3. The minimum atomic E-state index is 0.202. The minimum Gasteiger partial charge on any atom is -0.126 e. The summed E-state index contributed by atoms with van der Waals surface area (Å²) in [6, 6.07) is 0. The summed E-state index contributed by atoms with van der Waals surface area (Å²) >= 11 is 12.0. The lowest BCUT2D eigenvalue weighted by Gasteiger charge is -2.27. The second-order valence-electron chi connectivity index (χ2n) is 4.64. The summed E-state index contributed by atoms with van der Waals surface area (Å²) in [5.74, 6) is 1.42. The van der Waals surface area contributed by atoms with Gasteiger partial charge in [-0.15, -0.1) is 23.2 Å². The van der Waals surface area contributed by atoms with Gasteiger partial charge in [0.1, 0.15) is 0 Å². The van der Waals surface area contributed by atoms with E-state index in [1.165, 1.54) is 44.9 Å².